The SMILES string of the molecule is CC(C)c1noc(C2CCCN(C(=O)N(C)C)C2)n1. The van der Waals surface area contributed by atoms with Gasteiger partial charge in [-0.05, 0) is 12.8 Å². The summed E-state index contributed by atoms with van der Waals surface area (Å²) >= 11 is 0. The maximum atomic E-state index is 12.0. The molecule has 106 valence electrons. The fourth-order valence-corrected chi connectivity index (χ4v) is 2.28. The van der Waals surface area contributed by atoms with E-state index in [1.54, 1.807) is 19.0 Å². The molecule has 1 saturated heterocycles. The van der Waals surface area contributed by atoms with E-state index in [0.717, 1.165) is 25.2 Å². The number of hydrogen-bond acceptors (Lipinski definition) is 4. The van der Waals surface area contributed by atoms with E-state index in [1.807, 2.05) is 18.7 Å². The second kappa shape index (κ2) is 5.59. The smallest absolute Gasteiger partial charge is 0.319 e. The van der Waals surface area contributed by atoms with E-state index in [1.165, 1.54) is 0 Å². The zero-order valence-electron chi connectivity index (χ0n) is 12.1. The molecular weight excluding hydrogens is 244 g/mol. The number of amides is 2. The molecule has 1 atom stereocenters. The van der Waals surface area contributed by atoms with Crippen molar-refractivity contribution >= 4 is 6.03 Å². The first-order valence-corrected chi connectivity index (χ1v) is 6.78. The Morgan fingerprint density at radius 2 is 2.21 bits per heavy atom. The quantitative estimate of drug-likeness (QED) is 0.822. The van der Waals surface area contributed by atoms with Gasteiger partial charge < -0.3 is 14.3 Å². The van der Waals surface area contributed by atoms with Crippen molar-refractivity contribution < 1.29 is 9.32 Å². The number of hydrogen-bond donors (Lipinski definition) is 0. The topological polar surface area (TPSA) is 62.5 Å². The van der Waals surface area contributed by atoms with Crippen LogP contribution in [0.25, 0.3) is 0 Å². The Labute approximate surface area is 113 Å². The van der Waals surface area contributed by atoms with Crippen molar-refractivity contribution in [2.24, 2.45) is 0 Å². The van der Waals surface area contributed by atoms with Gasteiger partial charge in [0.1, 0.15) is 0 Å². The second-order valence-corrected chi connectivity index (χ2v) is 5.61. The summed E-state index contributed by atoms with van der Waals surface area (Å²) in [4.78, 5) is 19.9. The first kappa shape index (κ1) is 13.8. The van der Waals surface area contributed by atoms with E-state index in [9.17, 15) is 4.79 Å². The Bertz CT molecular complexity index is 442. The molecule has 1 aromatic rings. The number of nitrogens with zero attached hydrogens (tertiary/aromatic N) is 4. The summed E-state index contributed by atoms with van der Waals surface area (Å²) in [6, 6.07) is 0.0494. The standard InChI is InChI=1S/C13H22N4O2/c1-9(2)11-14-12(19-15-11)10-6-5-7-17(8-10)13(18)16(3)4/h9-10H,5-8H2,1-4H3. The molecule has 0 bridgehead atoms. The van der Waals surface area contributed by atoms with Gasteiger partial charge in [-0.1, -0.05) is 19.0 Å². The monoisotopic (exact) mass is 266 g/mol. The number of carbonyl (C=O) groups is 1. The van der Waals surface area contributed by atoms with Crippen LogP contribution in [0.15, 0.2) is 4.52 Å². The van der Waals surface area contributed by atoms with Crippen molar-refractivity contribution in [3.63, 3.8) is 0 Å². The minimum atomic E-state index is 0.0494. The van der Waals surface area contributed by atoms with Gasteiger partial charge >= 0.3 is 6.03 Å². The summed E-state index contributed by atoms with van der Waals surface area (Å²) in [6.07, 6.45) is 1.97. The first-order chi connectivity index (χ1) is 8.99. The molecule has 1 aliphatic heterocycles. The third kappa shape index (κ3) is 3.05. The summed E-state index contributed by atoms with van der Waals surface area (Å²) in [5, 5.41) is 4.00. The molecule has 1 fully saturated rings. The van der Waals surface area contributed by atoms with E-state index < -0.39 is 0 Å². The fourth-order valence-electron chi connectivity index (χ4n) is 2.28. The largest absolute Gasteiger partial charge is 0.339 e. The molecule has 0 saturated carbocycles. The van der Waals surface area contributed by atoms with Crippen molar-refractivity contribution in [2.45, 2.75) is 38.5 Å². The summed E-state index contributed by atoms with van der Waals surface area (Å²) < 4.78 is 5.34. The van der Waals surface area contributed by atoms with Gasteiger partial charge in [-0.25, -0.2) is 4.79 Å². The Morgan fingerprint density at radius 1 is 1.47 bits per heavy atom. The molecule has 0 aliphatic carbocycles. The fraction of sp³-hybridized carbons (Fsp3) is 0.769. The highest BCUT2D eigenvalue weighted by atomic mass is 16.5. The average molecular weight is 266 g/mol. The molecule has 2 rings (SSSR count). The molecular formula is C13H22N4O2. The van der Waals surface area contributed by atoms with Gasteiger partial charge in [0.2, 0.25) is 5.89 Å². The van der Waals surface area contributed by atoms with Crippen LogP contribution in [-0.2, 0) is 0 Å². The molecule has 6 nitrogen and oxygen atoms in total. The predicted octanol–water partition coefficient (Wildman–Crippen LogP) is 2.05. The average Bonchev–Trinajstić information content (AvgIpc) is 2.87. The first-order valence-electron chi connectivity index (χ1n) is 6.78. The summed E-state index contributed by atoms with van der Waals surface area (Å²) in [6.45, 7) is 5.55. The number of carbonyl (C=O) groups excluding carboxylic acids is 1. The van der Waals surface area contributed by atoms with E-state index in [2.05, 4.69) is 10.1 Å². The number of likely N-dealkylation sites (tertiary alicyclic amines) is 1. The van der Waals surface area contributed by atoms with Gasteiger partial charge in [0.05, 0.1) is 5.92 Å². The van der Waals surface area contributed by atoms with Crippen LogP contribution in [0.3, 0.4) is 0 Å². The molecule has 1 unspecified atom stereocenters. The number of piperidine rings is 1. The third-order valence-corrected chi connectivity index (χ3v) is 3.40. The van der Waals surface area contributed by atoms with Crippen molar-refractivity contribution in [1.82, 2.24) is 19.9 Å². The molecule has 0 N–H and O–H groups in total. The van der Waals surface area contributed by atoms with Crippen LogP contribution in [0, 0.1) is 0 Å². The third-order valence-electron chi connectivity index (χ3n) is 3.40. The lowest BCUT2D eigenvalue weighted by molar-refractivity contribution is 0.149. The van der Waals surface area contributed by atoms with Crippen molar-refractivity contribution in [1.29, 1.82) is 0 Å². The Morgan fingerprint density at radius 3 is 2.79 bits per heavy atom. The molecule has 0 radical (unpaired) electrons. The number of urea groups is 1. The van der Waals surface area contributed by atoms with Crippen LogP contribution < -0.4 is 0 Å². The summed E-state index contributed by atoms with van der Waals surface area (Å²) in [5.41, 5.74) is 0. The highest BCUT2D eigenvalue weighted by Gasteiger charge is 2.29. The van der Waals surface area contributed by atoms with Crippen LogP contribution in [0.5, 0.6) is 0 Å². The van der Waals surface area contributed by atoms with Crippen molar-refractivity contribution in [3.05, 3.63) is 11.7 Å². The highest BCUT2D eigenvalue weighted by Crippen LogP contribution is 2.27. The zero-order chi connectivity index (χ0) is 14.0. The molecule has 2 heterocycles. The summed E-state index contributed by atoms with van der Waals surface area (Å²) in [7, 11) is 3.55. The number of rotatable bonds is 2. The minimum Gasteiger partial charge on any atom is -0.339 e. The lowest BCUT2D eigenvalue weighted by atomic mass is 9.98. The van der Waals surface area contributed by atoms with Crippen molar-refractivity contribution in [2.75, 3.05) is 27.2 Å². The van der Waals surface area contributed by atoms with Gasteiger partial charge in [-0.15, -0.1) is 0 Å². The maximum Gasteiger partial charge on any atom is 0.319 e. The lowest BCUT2D eigenvalue weighted by Gasteiger charge is -2.32. The van der Waals surface area contributed by atoms with E-state index in [-0.39, 0.29) is 17.9 Å². The molecule has 2 amide bonds. The zero-order valence-corrected chi connectivity index (χ0v) is 12.1. The normalized spacial score (nSPS) is 19.8. The van der Waals surface area contributed by atoms with Crippen LogP contribution in [0.2, 0.25) is 0 Å². The number of aromatic nitrogens is 2. The lowest BCUT2D eigenvalue weighted by Crippen LogP contribution is -2.44. The molecule has 0 aromatic carbocycles. The van der Waals surface area contributed by atoms with E-state index in [0.29, 0.717) is 12.4 Å². The van der Waals surface area contributed by atoms with Gasteiger partial charge in [0.15, 0.2) is 5.82 Å². The van der Waals surface area contributed by atoms with Crippen molar-refractivity contribution in [3.8, 4) is 0 Å². The van der Waals surface area contributed by atoms with E-state index in [4.69, 9.17) is 4.52 Å². The van der Waals surface area contributed by atoms with Crippen LogP contribution in [-0.4, -0.2) is 53.2 Å². The molecule has 19 heavy (non-hydrogen) atoms. The molecule has 6 heteroatoms. The second-order valence-electron chi connectivity index (χ2n) is 5.61. The Balaban J connectivity index is 2.06. The van der Waals surface area contributed by atoms with Gasteiger partial charge in [-0.3, -0.25) is 0 Å². The van der Waals surface area contributed by atoms with Crippen LogP contribution in [0.1, 0.15) is 50.2 Å². The van der Waals surface area contributed by atoms with E-state index >= 15 is 0 Å². The van der Waals surface area contributed by atoms with Gasteiger partial charge in [0, 0.05) is 33.1 Å². The maximum absolute atomic E-state index is 12.0. The minimum absolute atomic E-state index is 0.0494. The van der Waals surface area contributed by atoms with Gasteiger partial charge in [-0.2, -0.15) is 4.98 Å². The molecule has 0 spiro atoms. The highest BCUT2D eigenvalue weighted by molar-refractivity contribution is 5.74. The predicted molar refractivity (Wildman–Crippen MR) is 71.0 cm³/mol. The Hall–Kier alpha value is -1.59. The molecule has 1 aliphatic rings. The van der Waals surface area contributed by atoms with Crippen LogP contribution in [0.4, 0.5) is 4.79 Å². The van der Waals surface area contributed by atoms with Gasteiger partial charge in [0.25, 0.3) is 0 Å². The summed E-state index contributed by atoms with van der Waals surface area (Å²) in [5.74, 6) is 1.84. The van der Waals surface area contributed by atoms with Crippen LogP contribution >= 0.6 is 0 Å². The molecule has 1 aromatic heterocycles. The Kier molecular flexibility index (Phi) is 4.07.